The number of ketones is 1. The number of carbonyl (C=O) groups excluding carboxylic acids is 1. The maximum absolute atomic E-state index is 12.3. The Kier molecular flexibility index (Phi) is 5.24. The third-order valence-corrected chi connectivity index (χ3v) is 3.18. The van der Waals surface area contributed by atoms with E-state index < -0.39 is 17.7 Å². The topological polar surface area (TPSA) is 52.9 Å². The first-order chi connectivity index (χ1) is 8.84. The number of nitriles is 1. The monoisotopic (exact) mass is 288 g/mol. The zero-order valence-corrected chi connectivity index (χ0v) is 10.8. The van der Waals surface area contributed by atoms with Gasteiger partial charge in [0.25, 0.3) is 0 Å². The number of halogens is 3. The van der Waals surface area contributed by atoms with Gasteiger partial charge in [-0.25, -0.2) is 0 Å². The van der Waals surface area contributed by atoms with Crippen LogP contribution < -0.4 is 4.72 Å². The van der Waals surface area contributed by atoms with Crippen LogP contribution in [0.2, 0.25) is 0 Å². The summed E-state index contributed by atoms with van der Waals surface area (Å²) in [7, 11) is 0. The van der Waals surface area contributed by atoms with Gasteiger partial charge in [-0.15, -0.1) is 0 Å². The minimum atomic E-state index is -4.35. The molecule has 0 fully saturated rings. The lowest BCUT2D eigenvalue weighted by molar-refractivity contribution is -0.137. The normalized spacial score (nSPS) is 12.6. The van der Waals surface area contributed by atoms with Crippen LogP contribution in [0.15, 0.2) is 24.3 Å². The molecule has 102 valence electrons. The number of Topliss-reactive ketones (excluding diaryl/α,β-unsaturated/α-hetero) is 1. The van der Waals surface area contributed by atoms with Crippen molar-refractivity contribution in [3.05, 3.63) is 29.8 Å². The van der Waals surface area contributed by atoms with E-state index in [0.29, 0.717) is 5.69 Å². The van der Waals surface area contributed by atoms with E-state index in [9.17, 15) is 18.0 Å². The Morgan fingerprint density at radius 1 is 1.42 bits per heavy atom. The molecular formula is C12H11F3N2OS. The zero-order valence-electron chi connectivity index (χ0n) is 9.99. The number of rotatable bonds is 5. The Balaban J connectivity index is 2.51. The van der Waals surface area contributed by atoms with Crippen molar-refractivity contribution < 1.29 is 18.0 Å². The van der Waals surface area contributed by atoms with Gasteiger partial charge < -0.3 is 4.72 Å². The Morgan fingerprint density at radius 2 is 2.00 bits per heavy atom. The smallest absolute Gasteiger partial charge is 0.330 e. The third-order valence-electron chi connectivity index (χ3n) is 2.30. The average Bonchev–Trinajstić information content (AvgIpc) is 2.33. The summed E-state index contributed by atoms with van der Waals surface area (Å²) in [4.78, 5) is 11.0. The highest BCUT2D eigenvalue weighted by atomic mass is 32.2. The molecule has 0 aliphatic heterocycles. The largest absolute Gasteiger partial charge is 0.416 e. The van der Waals surface area contributed by atoms with Crippen molar-refractivity contribution in [2.24, 2.45) is 5.92 Å². The van der Waals surface area contributed by atoms with Gasteiger partial charge in [-0.1, -0.05) is 11.9 Å². The zero-order chi connectivity index (χ0) is 14.5. The molecule has 0 aromatic heterocycles. The first kappa shape index (κ1) is 15.4. The molecule has 0 saturated heterocycles. The van der Waals surface area contributed by atoms with Gasteiger partial charge >= 0.3 is 6.18 Å². The summed E-state index contributed by atoms with van der Waals surface area (Å²) < 4.78 is 39.7. The maximum atomic E-state index is 12.3. The lowest BCUT2D eigenvalue weighted by Crippen LogP contribution is -2.12. The molecule has 19 heavy (non-hydrogen) atoms. The van der Waals surface area contributed by atoms with Gasteiger partial charge in [0.1, 0.15) is 11.7 Å². The van der Waals surface area contributed by atoms with E-state index in [-0.39, 0.29) is 11.5 Å². The fraction of sp³-hybridized carbons (Fsp3) is 0.333. The van der Waals surface area contributed by atoms with Crippen LogP contribution in [0.25, 0.3) is 0 Å². The molecule has 3 nitrogen and oxygen atoms in total. The van der Waals surface area contributed by atoms with Crippen LogP contribution in [0.1, 0.15) is 12.5 Å². The summed E-state index contributed by atoms with van der Waals surface area (Å²) in [6, 6.07) is 6.39. The van der Waals surface area contributed by atoms with Crippen LogP contribution in [0, 0.1) is 17.2 Å². The maximum Gasteiger partial charge on any atom is 0.416 e. The molecular weight excluding hydrogens is 277 g/mol. The highest BCUT2D eigenvalue weighted by Gasteiger charge is 2.29. The van der Waals surface area contributed by atoms with E-state index in [1.165, 1.54) is 19.1 Å². The predicted molar refractivity (Wildman–Crippen MR) is 67.3 cm³/mol. The van der Waals surface area contributed by atoms with Crippen molar-refractivity contribution in [2.75, 3.05) is 10.5 Å². The van der Waals surface area contributed by atoms with Gasteiger partial charge in [0.15, 0.2) is 0 Å². The van der Waals surface area contributed by atoms with Gasteiger partial charge in [0.2, 0.25) is 0 Å². The van der Waals surface area contributed by atoms with Crippen LogP contribution in [0.3, 0.4) is 0 Å². The molecule has 7 heteroatoms. The summed E-state index contributed by atoms with van der Waals surface area (Å²) in [6.45, 7) is 1.33. The van der Waals surface area contributed by atoms with Gasteiger partial charge in [0, 0.05) is 11.4 Å². The fourth-order valence-corrected chi connectivity index (χ4v) is 2.04. The molecule has 1 unspecified atom stereocenters. The average molecular weight is 288 g/mol. The molecule has 0 aliphatic carbocycles. The fourth-order valence-electron chi connectivity index (χ4n) is 1.18. The number of nitrogens with zero attached hydrogens (tertiary/aromatic N) is 1. The van der Waals surface area contributed by atoms with E-state index >= 15 is 0 Å². The van der Waals surface area contributed by atoms with E-state index in [2.05, 4.69) is 4.72 Å². The second-order valence-corrected chi connectivity index (χ2v) is 4.61. The molecule has 1 N–H and O–H groups in total. The second-order valence-electron chi connectivity index (χ2n) is 3.78. The molecule has 0 aliphatic rings. The highest BCUT2D eigenvalue weighted by Crippen LogP contribution is 2.30. The van der Waals surface area contributed by atoms with Gasteiger partial charge in [-0.05, 0) is 31.2 Å². The number of hydrogen-bond acceptors (Lipinski definition) is 4. The number of alkyl halides is 3. The summed E-state index contributed by atoms with van der Waals surface area (Å²) in [5, 5.41) is 8.68. The molecule has 1 aromatic rings. The van der Waals surface area contributed by atoms with Gasteiger partial charge in [-0.3, -0.25) is 4.79 Å². The van der Waals surface area contributed by atoms with Crippen molar-refractivity contribution in [1.82, 2.24) is 0 Å². The first-order valence-electron chi connectivity index (χ1n) is 5.29. The highest BCUT2D eigenvalue weighted by molar-refractivity contribution is 8.00. The minimum absolute atomic E-state index is 0.232. The quantitative estimate of drug-likeness (QED) is 0.843. The number of benzene rings is 1. The SMILES string of the molecule is CC(=O)C(C#N)CSNc1ccc(C(F)(F)F)cc1. The molecule has 1 rings (SSSR count). The van der Waals surface area contributed by atoms with E-state index in [1.54, 1.807) is 0 Å². The number of hydrogen-bond donors (Lipinski definition) is 1. The number of anilines is 1. The van der Waals surface area contributed by atoms with E-state index in [1.807, 2.05) is 6.07 Å². The number of nitrogens with one attached hydrogen (secondary N) is 1. The molecule has 1 aromatic carbocycles. The summed E-state index contributed by atoms with van der Waals surface area (Å²) in [5.41, 5.74) is -0.236. The Morgan fingerprint density at radius 3 is 2.42 bits per heavy atom. The van der Waals surface area contributed by atoms with Crippen molar-refractivity contribution in [2.45, 2.75) is 13.1 Å². The van der Waals surface area contributed by atoms with Crippen molar-refractivity contribution in [3.63, 3.8) is 0 Å². The molecule has 0 amide bonds. The molecule has 0 heterocycles. The van der Waals surface area contributed by atoms with E-state index in [4.69, 9.17) is 5.26 Å². The van der Waals surface area contributed by atoms with Crippen molar-refractivity contribution in [3.8, 4) is 6.07 Å². The van der Waals surface area contributed by atoms with Crippen LogP contribution in [0.4, 0.5) is 18.9 Å². The minimum Gasteiger partial charge on any atom is -0.330 e. The second kappa shape index (κ2) is 6.48. The Bertz CT molecular complexity index is 479. The third kappa shape index (κ3) is 4.83. The van der Waals surface area contributed by atoms with Crippen LogP contribution in [-0.2, 0) is 11.0 Å². The lowest BCUT2D eigenvalue weighted by atomic mass is 10.1. The molecule has 0 radical (unpaired) electrons. The molecule has 1 atom stereocenters. The Labute approximate surface area is 112 Å². The number of carbonyl (C=O) groups is 1. The van der Waals surface area contributed by atoms with Gasteiger partial charge in [0.05, 0.1) is 11.6 Å². The van der Waals surface area contributed by atoms with Crippen molar-refractivity contribution >= 4 is 23.4 Å². The lowest BCUT2D eigenvalue weighted by Gasteiger charge is -2.09. The molecule has 0 bridgehead atoms. The van der Waals surface area contributed by atoms with Crippen molar-refractivity contribution in [1.29, 1.82) is 5.26 Å². The van der Waals surface area contributed by atoms with Crippen LogP contribution in [-0.4, -0.2) is 11.5 Å². The predicted octanol–water partition coefficient (Wildman–Crippen LogP) is 3.49. The standard InChI is InChI=1S/C12H11F3N2OS/c1-8(18)9(6-16)7-19-17-11-4-2-10(3-5-11)12(13,14)15/h2-5,9,17H,7H2,1H3. The summed E-state index contributed by atoms with van der Waals surface area (Å²) in [6.07, 6.45) is -4.35. The molecule has 0 spiro atoms. The Hall–Kier alpha value is -1.68. The van der Waals surface area contributed by atoms with Gasteiger partial charge in [-0.2, -0.15) is 18.4 Å². The first-order valence-corrected chi connectivity index (χ1v) is 6.28. The summed E-state index contributed by atoms with van der Waals surface area (Å²) >= 11 is 1.11. The molecule has 0 saturated carbocycles. The van der Waals surface area contributed by atoms with Crippen LogP contribution >= 0.6 is 11.9 Å². The summed E-state index contributed by atoms with van der Waals surface area (Å²) in [5.74, 6) is -0.705. The van der Waals surface area contributed by atoms with Crippen LogP contribution in [0.5, 0.6) is 0 Å². The van der Waals surface area contributed by atoms with E-state index in [0.717, 1.165) is 24.1 Å².